The number of hydrogen-bond donors (Lipinski definition) is 0. The van der Waals surface area contributed by atoms with Gasteiger partial charge in [-0.1, -0.05) is 44.8 Å². The van der Waals surface area contributed by atoms with Crippen molar-refractivity contribution in [2.24, 2.45) is 29.6 Å². The third-order valence-electron chi connectivity index (χ3n) is 7.28. The fourth-order valence-electron chi connectivity index (χ4n) is 5.34. The Kier molecular flexibility index (Phi) is 9.65. The molecule has 3 rings (SSSR count). The number of halogens is 2. The van der Waals surface area contributed by atoms with Crippen molar-refractivity contribution in [3.05, 3.63) is 24.3 Å². The van der Waals surface area contributed by atoms with Gasteiger partial charge in [0.05, 0.1) is 13.2 Å². The van der Waals surface area contributed by atoms with Gasteiger partial charge in [0.15, 0.2) is 6.29 Å². The van der Waals surface area contributed by atoms with E-state index in [4.69, 9.17) is 9.47 Å². The molecule has 0 unspecified atom stereocenters. The van der Waals surface area contributed by atoms with Gasteiger partial charge in [-0.3, -0.25) is 0 Å². The highest BCUT2D eigenvalue weighted by molar-refractivity contribution is 4.98. The standard InChI is InChI=1S/C25H40F2O2/c1-2-3-4-5-19-12-14-23(15-13-19)25-28-17-22(18-29-25)11-8-20-6-9-21(10-7-20)16-24(26)27/h8,11,16,19-23,25H,2-7,9-10,12-15,17-18H2,1H3. The van der Waals surface area contributed by atoms with Crippen LogP contribution < -0.4 is 0 Å². The Morgan fingerprint density at radius 3 is 2.03 bits per heavy atom. The van der Waals surface area contributed by atoms with Gasteiger partial charge in [-0.2, -0.15) is 8.78 Å². The Hall–Kier alpha value is -0.740. The maximum absolute atomic E-state index is 12.4. The van der Waals surface area contributed by atoms with E-state index in [9.17, 15) is 8.78 Å². The highest BCUT2D eigenvalue weighted by Gasteiger charge is 2.32. The van der Waals surface area contributed by atoms with Gasteiger partial charge in [0.1, 0.15) is 0 Å². The monoisotopic (exact) mass is 410 g/mol. The quantitative estimate of drug-likeness (QED) is 0.304. The lowest BCUT2D eigenvalue weighted by atomic mass is 9.79. The second-order valence-electron chi connectivity index (χ2n) is 9.59. The number of hydrogen-bond acceptors (Lipinski definition) is 2. The zero-order chi connectivity index (χ0) is 20.5. The molecule has 0 aromatic rings. The fourth-order valence-corrected chi connectivity index (χ4v) is 5.34. The molecule has 4 heteroatoms. The molecule has 0 aromatic heterocycles. The Morgan fingerprint density at radius 1 is 0.793 bits per heavy atom. The predicted octanol–water partition coefficient (Wildman–Crippen LogP) is 7.51. The van der Waals surface area contributed by atoms with Crippen molar-refractivity contribution in [2.45, 2.75) is 90.3 Å². The molecule has 3 fully saturated rings. The molecular weight excluding hydrogens is 370 g/mol. The first-order chi connectivity index (χ1) is 14.1. The SMILES string of the molecule is CCCCCC1CCC(C2OCC(C=CC3CCC(C=C(F)F)CC3)CO2)CC1. The summed E-state index contributed by atoms with van der Waals surface area (Å²) in [5, 5.41) is 0. The minimum Gasteiger partial charge on any atom is -0.352 e. The van der Waals surface area contributed by atoms with E-state index in [1.54, 1.807) is 0 Å². The van der Waals surface area contributed by atoms with E-state index in [1.807, 2.05) is 0 Å². The van der Waals surface area contributed by atoms with Crippen LogP contribution >= 0.6 is 0 Å². The molecule has 0 spiro atoms. The van der Waals surface area contributed by atoms with Crippen LogP contribution in [0.2, 0.25) is 0 Å². The zero-order valence-corrected chi connectivity index (χ0v) is 18.2. The smallest absolute Gasteiger partial charge is 0.266 e. The Bertz CT molecular complexity index is 505. The molecule has 0 bridgehead atoms. The summed E-state index contributed by atoms with van der Waals surface area (Å²) in [6.07, 6.45) is 18.5. The largest absolute Gasteiger partial charge is 0.352 e. The van der Waals surface area contributed by atoms with Crippen LogP contribution in [0.25, 0.3) is 0 Å². The van der Waals surface area contributed by atoms with Crippen LogP contribution in [0.1, 0.15) is 84.0 Å². The van der Waals surface area contributed by atoms with Crippen molar-refractivity contribution >= 4 is 0 Å². The Balaban J connectivity index is 1.31. The van der Waals surface area contributed by atoms with Crippen molar-refractivity contribution < 1.29 is 18.3 Å². The van der Waals surface area contributed by atoms with Gasteiger partial charge in [-0.25, -0.2) is 0 Å². The van der Waals surface area contributed by atoms with Crippen molar-refractivity contribution in [1.29, 1.82) is 0 Å². The zero-order valence-electron chi connectivity index (χ0n) is 18.2. The van der Waals surface area contributed by atoms with Crippen LogP contribution in [0.5, 0.6) is 0 Å². The normalized spacial score (nSPS) is 36.2. The molecule has 2 aliphatic carbocycles. The van der Waals surface area contributed by atoms with Crippen LogP contribution in [0.4, 0.5) is 8.78 Å². The van der Waals surface area contributed by atoms with Crippen LogP contribution in [0.15, 0.2) is 24.3 Å². The molecule has 3 aliphatic rings. The Labute approximate surface area is 176 Å². The maximum Gasteiger partial charge on any atom is 0.266 e. The molecule has 0 atom stereocenters. The topological polar surface area (TPSA) is 18.5 Å². The van der Waals surface area contributed by atoms with Crippen molar-refractivity contribution in [1.82, 2.24) is 0 Å². The molecule has 0 aromatic carbocycles. The first-order valence-electron chi connectivity index (χ1n) is 12.1. The van der Waals surface area contributed by atoms with Gasteiger partial charge in [-0.15, -0.1) is 0 Å². The van der Waals surface area contributed by atoms with Gasteiger partial charge >= 0.3 is 0 Å². The highest BCUT2D eigenvalue weighted by atomic mass is 19.3. The Morgan fingerprint density at radius 2 is 1.41 bits per heavy atom. The summed E-state index contributed by atoms with van der Waals surface area (Å²) in [5.74, 6) is 2.40. The first kappa shape index (κ1) is 22.9. The number of ether oxygens (including phenoxy) is 2. The summed E-state index contributed by atoms with van der Waals surface area (Å²) in [5.41, 5.74) is 0. The molecular formula is C25H40F2O2. The molecule has 0 radical (unpaired) electrons. The third-order valence-corrected chi connectivity index (χ3v) is 7.28. The molecule has 1 saturated heterocycles. The second kappa shape index (κ2) is 12.2. The lowest BCUT2D eigenvalue weighted by Crippen LogP contribution is -2.38. The van der Waals surface area contributed by atoms with Crippen molar-refractivity contribution in [3.8, 4) is 0 Å². The summed E-state index contributed by atoms with van der Waals surface area (Å²) in [6.45, 7) is 3.78. The van der Waals surface area contributed by atoms with E-state index in [2.05, 4.69) is 19.1 Å². The summed E-state index contributed by atoms with van der Waals surface area (Å²) in [6, 6.07) is 0. The van der Waals surface area contributed by atoms with Crippen LogP contribution in [-0.2, 0) is 9.47 Å². The lowest BCUT2D eigenvalue weighted by molar-refractivity contribution is -0.223. The van der Waals surface area contributed by atoms with Crippen molar-refractivity contribution in [3.63, 3.8) is 0 Å². The van der Waals surface area contributed by atoms with Gasteiger partial charge in [0, 0.05) is 11.8 Å². The van der Waals surface area contributed by atoms with Gasteiger partial charge < -0.3 is 9.47 Å². The molecule has 166 valence electrons. The van der Waals surface area contributed by atoms with Crippen LogP contribution in [-0.4, -0.2) is 19.5 Å². The molecule has 2 saturated carbocycles. The van der Waals surface area contributed by atoms with Crippen molar-refractivity contribution in [2.75, 3.05) is 13.2 Å². The van der Waals surface area contributed by atoms with E-state index in [1.165, 1.54) is 51.4 Å². The molecule has 0 amide bonds. The highest BCUT2D eigenvalue weighted by Crippen LogP contribution is 2.36. The van der Waals surface area contributed by atoms with E-state index < -0.39 is 6.08 Å². The average Bonchev–Trinajstić information content (AvgIpc) is 2.74. The molecule has 0 N–H and O–H groups in total. The molecule has 1 heterocycles. The maximum atomic E-state index is 12.4. The predicted molar refractivity (Wildman–Crippen MR) is 114 cm³/mol. The summed E-state index contributed by atoms with van der Waals surface area (Å²) in [4.78, 5) is 0. The summed E-state index contributed by atoms with van der Waals surface area (Å²) in [7, 11) is 0. The van der Waals surface area contributed by atoms with Crippen LogP contribution in [0.3, 0.4) is 0 Å². The van der Waals surface area contributed by atoms with Gasteiger partial charge in [0.2, 0.25) is 0 Å². The second-order valence-corrected chi connectivity index (χ2v) is 9.59. The molecule has 2 nitrogen and oxygen atoms in total. The van der Waals surface area contributed by atoms with Gasteiger partial charge in [0.25, 0.3) is 6.08 Å². The van der Waals surface area contributed by atoms with E-state index >= 15 is 0 Å². The minimum absolute atomic E-state index is 0.00550. The number of rotatable bonds is 8. The molecule has 1 aliphatic heterocycles. The number of allylic oxidation sites excluding steroid dienone is 2. The fraction of sp³-hybridized carbons (Fsp3) is 0.840. The van der Waals surface area contributed by atoms with E-state index in [-0.39, 0.29) is 12.2 Å². The molecule has 29 heavy (non-hydrogen) atoms. The van der Waals surface area contributed by atoms with Crippen LogP contribution in [0, 0.1) is 29.6 Å². The summed E-state index contributed by atoms with van der Waals surface area (Å²) >= 11 is 0. The number of unbranched alkanes of at least 4 members (excludes halogenated alkanes) is 2. The average molecular weight is 411 g/mol. The van der Waals surface area contributed by atoms with E-state index in [0.717, 1.165) is 50.9 Å². The first-order valence-corrected chi connectivity index (χ1v) is 12.1. The summed E-state index contributed by atoms with van der Waals surface area (Å²) < 4.78 is 36.9. The van der Waals surface area contributed by atoms with E-state index in [0.29, 0.717) is 17.8 Å². The third kappa shape index (κ3) is 7.79. The van der Waals surface area contributed by atoms with Gasteiger partial charge in [-0.05, 0) is 75.2 Å². The minimum atomic E-state index is -1.53. The lowest BCUT2D eigenvalue weighted by Gasteiger charge is -2.37.